The lowest BCUT2D eigenvalue weighted by atomic mass is 9.95. The maximum absolute atomic E-state index is 9.74. The van der Waals surface area contributed by atoms with Crippen molar-refractivity contribution in [2.24, 2.45) is 4.99 Å². The first-order chi connectivity index (χ1) is 9.34. The van der Waals surface area contributed by atoms with Gasteiger partial charge >= 0.3 is 0 Å². The molecule has 0 spiro atoms. The first-order valence-corrected chi connectivity index (χ1v) is 6.29. The SMILES string of the molecule is OC[C@@]1(c2ccccc2)CN=C(c2ccccc2)O1. The number of rotatable bonds is 3. The number of aliphatic hydroxyl groups is 1. The van der Waals surface area contributed by atoms with E-state index in [0.717, 1.165) is 11.1 Å². The van der Waals surface area contributed by atoms with E-state index in [2.05, 4.69) is 4.99 Å². The summed E-state index contributed by atoms with van der Waals surface area (Å²) in [5.74, 6) is 0.596. The van der Waals surface area contributed by atoms with Gasteiger partial charge in [0.15, 0.2) is 5.60 Å². The van der Waals surface area contributed by atoms with Crippen molar-refractivity contribution in [3.8, 4) is 0 Å². The summed E-state index contributed by atoms with van der Waals surface area (Å²) in [4.78, 5) is 4.44. The summed E-state index contributed by atoms with van der Waals surface area (Å²) in [6.07, 6.45) is 0. The Morgan fingerprint density at radius 3 is 2.26 bits per heavy atom. The van der Waals surface area contributed by atoms with Gasteiger partial charge in [0.05, 0.1) is 13.2 Å². The summed E-state index contributed by atoms with van der Waals surface area (Å²) in [7, 11) is 0. The Bertz CT molecular complexity index is 580. The van der Waals surface area contributed by atoms with E-state index in [-0.39, 0.29) is 6.61 Å². The van der Waals surface area contributed by atoms with E-state index in [9.17, 15) is 5.11 Å². The summed E-state index contributed by atoms with van der Waals surface area (Å²) in [6.45, 7) is 0.356. The highest BCUT2D eigenvalue weighted by Crippen LogP contribution is 2.31. The zero-order chi connectivity index (χ0) is 13.1. The molecule has 0 saturated heterocycles. The molecule has 3 nitrogen and oxygen atoms in total. The quantitative estimate of drug-likeness (QED) is 0.912. The molecule has 0 amide bonds. The molecule has 2 aromatic rings. The Balaban J connectivity index is 1.90. The predicted molar refractivity (Wildman–Crippen MR) is 74.1 cm³/mol. The third kappa shape index (κ3) is 2.13. The van der Waals surface area contributed by atoms with Crippen LogP contribution >= 0.6 is 0 Å². The molecule has 1 atom stereocenters. The van der Waals surface area contributed by atoms with Gasteiger partial charge in [0.2, 0.25) is 5.90 Å². The van der Waals surface area contributed by atoms with Gasteiger partial charge in [0.1, 0.15) is 0 Å². The van der Waals surface area contributed by atoms with Crippen LogP contribution in [0.5, 0.6) is 0 Å². The van der Waals surface area contributed by atoms with Gasteiger partial charge in [-0.2, -0.15) is 0 Å². The molecule has 2 aromatic carbocycles. The predicted octanol–water partition coefficient (Wildman–Crippen LogP) is 2.35. The molecular weight excluding hydrogens is 238 g/mol. The van der Waals surface area contributed by atoms with E-state index < -0.39 is 5.60 Å². The summed E-state index contributed by atoms with van der Waals surface area (Å²) < 4.78 is 5.97. The van der Waals surface area contributed by atoms with Crippen LogP contribution < -0.4 is 0 Å². The second kappa shape index (κ2) is 4.86. The fourth-order valence-electron chi connectivity index (χ4n) is 2.25. The lowest BCUT2D eigenvalue weighted by Gasteiger charge is -2.26. The Morgan fingerprint density at radius 1 is 1.00 bits per heavy atom. The highest BCUT2D eigenvalue weighted by atomic mass is 16.5. The van der Waals surface area contributed by atoms with Crippen molar-refractivity contribution < 1.29 is 9.84 Å². The van der Waals surface area contributed by atoms with Gasteiger partial charge < -0.3 is 9.84 Å². The molecule has 1 aliphatic heterocycles. The summed E-state index contributed by atoms with van der Waals surface area (Å²) in [5.41, 5.74) is 1.15. The first kappa shape index (κ1) is 11.9. The maximum Gasteiger partial charge on any atom is 0.217 e. The van der Waals surface area contributed by atoms with E-state index in [0.29, 0.717) is 12.4 Å². The number of hydrogen-bond donors (Lipinski definition) is 1. The van der Waals surface area contributed by atoms with Gasteiger partial charge in [0.25, 0.3) is 0 Å². The van der Waals surface area contributed by atoms with E-state index >= 15 is 0 Å². The third-order valence-corrected chi connectivity index (χ3v) is 3.35. The molecular formula is C16H15NO2. The van der Waals surface area contributed by atoms with Gasteiger partial charge in [-0.3, -0.25) is 0 Å². The van der Waals surface area contributed by atoms with Crippen LogP contribution in [0.25, 0.3) is 0 Å². The van der Waals surface area contributed by atoms with Crippen LogP contribution in [-0.2, 0) is 10.3 Å². The lowest BCUT2D eigenvalue weighted by Crippen LogP contribution is -2.34. The van der Waals surface area contributed by atoms with Crippen LogP contribution in [0.4, 0.5) is 0 Å². The molecule has 1 N–H and O–H groups in total. The molecule has 96 valence electrons. The second-order valence-electron chi connectivity index (χ2n) is 4.61. The molecule has 0 bridgehead atoms. The van der Waals surface area contributed by atoms with Gasteiger partial charge in [-0.25, -0.2) is 4.99 Å². The van der Waals surface area contributed by atoms with Crippen LogP contribution in [0, 0.1) is 0 Å². The molecule has 0 aliphatic carbocycles. The third-order valence-electron chi connectivity index (χ3n) is 3.35. The fourth-order valence-corrected chi connectivity index (χ4v) is 2.25. The van der Waals surface area contributed by atoms with Gasteiger partial charge in [-0.1, -0.05) is 48.5 Å². The molecule has 0 radical (unpaired) electrons. The Labute approximate surface area is 112 Å². The standard InChI is InChI=1S/C16H15NO2/c18-12-16(14-9-5-2-6-10-14)11-17-15(19-16)13-7-3-1-4-8-13/h1-10,18H,11-12H2/t16-/m1/s1. The molecule has 1 heterocycles. The molecule has 0 unspecified atom stereocenters. The van der Waals surface area contributed by atoms with Crippen molar-refractivity contribution in [3.05, 3.63) is 71.8 Å². The van der Waals surface area contributed by atoms with Crippen molar-refractivity contribution >= 4 is 5.90 Å². The largest absolute Gasteiger partial charge is 0.461 e. The highest BCUT2D eigenvalue weighted by Gasteiger charge is 2.39. The van der Waals surface area contributed by atoms with Crippen LogP contribution in [0.3, 0.4) is 0 Å². The van der Waals surface area contributed by atoms with Gasteiger partial charge in [0, 0.05) is 5.56 Å². The number of aliphatic imine (C=N–C) groups is 1. The maximum atomic E-state index is 9.74. The zero-order valence-corrected chi connectivity index (χ0v) is 10.5. The van der Waals surface area contributed by atoms with E-state index in [1.165, 1.54) is 0 Å². The van der Waals surface area contributed by atoms with Crippen LogP contribution in [0.15, 0.2) is 65.7 Å². The minimum Gasteiger partial charge on any atom is -0.461 e. The minimum absolute atomic E-state index is 0.0865. The molecule has 3 rings (SSSR count). The van der Waals surface area contributed by atoms with Crippen molar-refractivity contribution in [1.29, 1.82) is 0 Å². The van der Waals surface area contributed by atoms with Crippen molar-refractivity contribution in [3.63, 3.8) is 0 Å². The van der Waals surface area contributed by atoms with E-state index in [1.54, 1.807) is 0 Å². The Kier molecular flexibility index (Phi) is 3.05. The topological polar surface area (TPSA) is 41.8 Å². The zero-order valence-electron chi connectivity index (χ0n) is 10.5. The molecule has 0 fully saturated rings. The normalized spacial score (nSPS) is 21.8. The van der Waals surface area contributed by atoms with E-state index in [1.807, 2.05) is 60.7 Å². The molecule has 0 saturated carbocycles. The number of benzene rings is 2. The first-order valence-electron chi connectivity index (χ1n) is 6.29. The van der Waals surface area contributed by atoms with Crippen molar-refractivity contribution in [1.82, 2.24) is 0 Å². The van der Waals surface area contributed by atoms with Gasteiger partial charge in [-0.05, 0) is 17.7 Å². The van der Waals surface area contributed by atoms with E-state index in [4.69, 9.17) is 4.74 Å². The average molecular weight is 253 g/mol. The number of nitrogens with zero attached hydrogens (tertiary/aromatic N) is 1. The van der Waals surface area contributed by atoms with Crippen molar-refractivity contribution in [2.45, 2.75) is 5.60 Å². The van der Waals surface area contributed by atoms with Crippen LogP contribution in [0.2, 0.25) is 0 Å². The summed E-state index contributed by atoms with van der Waals surface area (Å²) in [6, 6.07) is 19.5. The monoisotopic (exact) mass is 253 g/mol. The lowest BCUT2D eigenvalue weighted by molar-refractivity contribution is 0.0201. The molecule has 0 aromatic heterocycles. The Hall–Kier alpha value is -2.13. The van der Waals surface area contributed by atoms with Gasteiger partial charge in [-0.15, -0.1) is 0 Å². The van der Waals surface area contributed by atoms with Crippen molar-refractivity contribution in [2.75, 3.05) is 13.2 Å². The minimum atomic E-state index is -0.744. The second-order valence-corrected chi connectivity index (χ2v) is 4.61. The summed E-state index contributed by atoms with van der Waals surface area (Å²) in [5, 5.41) is 9.74. The number of ether oxygens (including phenoxy) is 1. The molecule has 1 aliphatic rings. The van der Waals surface area contributed by atoms with Crippen LogP contribution in [0.1, 0.15) is 11.1 Å². The molecule has 3 heteroatoms. The van der Waals surface area contributed by atoms with Crippen LogP contribution in [-0.4, -0.2) is 24.2 Å². The number of aliphatic hydroxyl groups excluding tert-OH is 1. The smallest absolute Gasteiger partial charge is 0.217 e. The summed E-state index contributed by atoms with van der Waals surface area (Å²) >= 11 is 0. The number of hydrogen-bond acceptors (Lipinski definition) is 3. The molecule has 19 heavy (non-hydrogen) atoms. The average Bonchev–Trinajstić information content (AvgIpc) is 2.95. The fraction of sp³-hybridized carbons (Fsp3) is 0.188. The Morgan fingerprint density at radius 2 is 1.63 bits per heavy atom. The highest BCUT2D eigenvalue weighted by molar-refractivity contribution is 5.95.